The van der Waals surface area contributed by atoms with E-state index in [-0.39, 0.29) is 25.7 Å². The van der Waals surface area contributed by atoms with Gasteiger partial charge >= 0.3 is 11.7 Å². The van der Waals surface area contributed by atoms with Gasteiger partial charge in [-0.1, -0.05) is 29.8 Å². The van der Waals surface area contributed by atoms with Crippen molar-refractivity contribution in [2.75, 3.05) is 26.8 Å². The standard InChI is InChI=1S/C27H29ClN4O6/c1-4-38-26(35)19-8-6-12-30(16-19)24(33)23-25(34)31(15-18-7-5-9-21(13-18)37-3)27(36)32(29-23)20-11-10-17(2)22(28)14-20/h5,7,9-11,13-14,19H,4,6,8,12,15-16H2,1-3H3/t19-/m1/s1. The Morgan fingerprint density at radius 2 is 1.95 bits per heavy atom. The average molecular weight is 541 g/mol. The molecule has 200 valence electrons. The average Bonchev–Trinajstić information content (AvgIpc) is 2.92. The fourth-order valence-corrected chi connectivity index (χ4v) is 4.56. The molecule has 1 aliphatic rings. The molecule has 2 heterocycles. The van der Waals surface area contributed by atoms with Gasteiger partial charge in [-0.2, -0.15) is 9.78 Å². The summed E-state index contributed by atoms with van der Waals surface area (Å²) in [6, 6.07) is 11.9. The van der Waals surface area contributed by atoms with E-state index in [4.69, 9.17) is 21.1 Å². The van der Waals surface area contributed by atoms with E-state index in [1.165, 1.54) is 12.0 Å². The van der Waals surface area contributed by atoms with Crippen molar-refractivity contribution in [1.29, 1.82) is 0 Å². The van der Waals surface area contributed by atoms with E-state index in [0.717, 1.165) is 14.8 Å². The topological polar surface area (TPSA) is 113 Å². The van der Waals surface area contributed by atoms with Gasteiger partial charge in [0.2, 0.25) is 5.69 Å². The maximum absolute atomic E-state index is 13.6. The summed E-state index contributed by atoms with van der Waals surface area (Å²) in [5.41, 5.74) is -0.242. The molecule has 2 aromatic carbocycles. The van der Waals surface area contributed by atoms with Crippen molar-refractivity contribution in [1.82, 2.24) is 19.2 Å². The molecule has 0 spiro atoms. The molecule has 3 aromatic rings. The summed E-state index contributed by atoms with van der Waals surface area (Å²) in [6.45, 7) is 4.12. The first kappa shape index (κ1) is 27.1. The van der Waals surface area contributed by atoms with Crippen LogP contribution in [0.2, 0.25) is 5.02 Å². The monoisotopic (exact) mass is 540 g/mol. The van der Waals surface area contributed by atoms with E-state index in [2.05, 4.69) is 5.10 Å². The Hall–Kier alpha value is -3.92. The van der Waals surface area contributed by atoms with Crippen LogP contribution >= 0.6 is 11.6 Å². The first-order chi connectivity index (χ1) is 18.2. The van der Waals surface area contributed by atoms with Crippen LogP contribution in [0.25, 0.3) is 5.69 Å². The molecule has 1 aliphatic heterocycles. The van der Waals surface area contributed by atoms with Crippen LogP contribution in [0.1, 0.15) is 41.4 Å². The van der Waals surface area contributed by atoms with Gasteiger partial charge in [-0.3, -0.25) is 19.0 Å². The number of aromatic nitrogens is 3. The third-order valence-corrected chi connectivity index (χ3v) is 6.87. The number of piperidine rings is 1. The fraction of sp³-hybridized carbons (Fsp3) is 0.370. The molecular weight excluding hydrogens is 512 g/mol. The summed E-state index contributed by atoms with van der Waals surface area (Å²) in [4.78, 5) is 54.4. The maximum atomic E-state index is 13.6. The number of carbonyl (C=O) groups excluding carboxylic acids is 2. The molecule has 0 aliphatic carbocycles. The van der Waals surface area contributed by atoms with Gasteiger partial charge in [-0.05, 0) is 62.1 Å². The summed E-state index contributed by atoms with van der Waals surface area (Å²) in [7, 11) is 1.52. The van der Waals surface area contributed by atoms with Crippen LogP contribution in [0.15, 0.2) is 52.1 Å². The maximum Gasteiger partial charge on any atom is 0.352 e. The third-order valence-electron chi connectivity index (χ3n) is 6.47. The Kier molecular flexibility index (Phi) is 8.31. The molecule has 1 amide bonds. The van der Waals surface area contributed by atoms with Gasteiger partial charge in [0.05, 0.1) is 31.9 Å². The Morgan fingerprint density at radius 1 is 1.16 bits per heavy atom. The second kappa shape index (κ2) is 11.6. The second-order valence-electron chi connectivity index (χ2n) is 9.06. The van der Waals surface area contributed by atoms with Crippen LogP contribution in [-0.4, -0.2) is 57.9 Å². The Bertz CT molecular complexity index is 1480. The third kappa shape index (κ3) is 5.65. The van der Waals surface area contributed by atoms with Crippen LogP contribution in [0.5, 0.6) is 5.75 Å². The Labute approximate surface area is 224 Å². The predicted molar refractivity (Wildman–Crippen MR) is 141 cm³/mol. The number of nitrogens with zero attached hydrogens (tertiary/aromatic N) is 4. The van der Waals surface area contributed by atoms with Gasteiger partial charge in [-0.25, -0.2) is 4.79 Å². The molecule has 0 N–H and O–H groups in total. The molecular formula is C27H29ClN4O6. The lowest BCUT2D eigenvalue weighted by Gasteiger charge is -2.31. The minimum absolute atomic E-state index is 0.101. The molecule has 38 heavy (non-hydrogen) atoms. The summed E-state index contributed by atoms with van der Waals surface area (Å²) in [5.74, 6) is -0.971. The highest BCUT2D eigenvalue weighted by molar-refractivity contribution is 6.31. The molecule has 1 aromatic heterocycles. The lowest BCUT2D eigenvalue weighted by atomic mass is 9.98. The fourth-order valence-electron chi connectivity index (χ4n) is 4.39. The number of rotatable bonds is 7. The molecule has 0 saturated carbocycles. The second-order valence-corrected chi connectivity index (χ2v) is 9.47. The summed E-state index contributed by atoms with van der Waals surface area (Å²) < 4.78 is 12.4. The van der Waals surface area contributed by atoms with Crippen LogP contribution in [0, 0.1) is 12.8 Å². The zero-order valence-electron chi connectivity index (χ0n) is 21.5. The highest BCUT2D eigenvalue weighted by Crippen LogP contribution is 2.20. The van der Waals surface area contributed by atoms with E-state index >= 15 is 0 Å². The molecule has 4 rings (SSSR count). The van der Waals surface area contributed by atoms with Crippen LogP contribution in [0.4, 0.5) is 0 Å². The SMILES string of the molecule is CCOC(=O)[C@@H]1CCCN(C(=O)c2nn(-c3ccc(C)c(Cl)c3)c(=O)n(Cc3cccc(OC)c3)c2=O)C1. The van der Waals surface area contributed by atoms with Crippen LogP contribution < -0.4 is 16.0 Å². The van der Waals surface area contributed by atoms with Gasteiger partial charge in [0.1, 0.15) is 5.75 Å². The van der Waals surface area contributed by atoms with Crippen molar-refractivity contribution < 1.29 is 19.1 Å². The summed E-state index contributed by atoms with van der Waals surface area (Å²) in [5, 5.41) is 4.62. The molecule has 0 unspecified atom stereocenters. The number of hydrogen-bond acceptors (Lipinski definition) is 7. The summed E-state index contributed by atoms with van der Waals surface area (Å²) in [6.07, 6.45) is 1.15. The number of aryl methyl sites for hydroxylation is 1. The molecule has 0 radical (unpaired) electrons. The number of carbonyl (C=O) groups is 2. The minimum atomic E-state index is -0.824. The number of ether oxygens (including phenoxy) is 2. The number of likely N-dealkylation sites (tertiary alicyclic amines) is 1. The highest BCUT2D eigenvalue weighted by atomic mass is 35.5. The number of benzene rings is 2. The Morgan fingerprint density at radius 3 is 2.66 bits per heavy atom. The lowest BCUT2D eigenvalue weighted by molar-refractivity contribution is -0.149. The quantitative estimate of drug-likeness (QED) is 0.423. The largest absolute Gasteiger partial charge is 0.497 e. The van der Waals surface area contributed by atoms with Gasteiger partial charge < -0.3 is 14.4 Å². The van der Waals surface area contributed by atoms with E-state index in [0.29, 0.717) is 41.4 Å². The van der Waals surface area contributed by atoms with E-state index in [1.54, 1.807) is 49.4 Å². The highest BCUT2D eigenvalue weighted by Gasteiger charge is 2.32. The van der Waals surface area contributed by atoms with Crippen molar-refractivity contribution in [3.8, 4) is 11.4 Å². The van der Waals surface area contributed by atoms with Crippen LogP contribution in [-0.2, 0) is 16.1 Å². The van der Waals surface area contributed by atoms with Gasteiger partial charge in [0.25, 0.3) is 11.5 Å². The smallest absolute Gasteiger partial charge is 0.352 e. The van der Waals surface area contributed by atoms with Crippen LogP contribution in [0.3, 0.4) is 0 Å². The van der Waals surface area contributed by atoms with E-state index in [1.807, 2.05) is 6.92 Å². The van der Waals surface area contributed by atoms with Crippen molar-refractivity contribution in [3.05, 3.63) is 85.1 Å². The lowest BCUT2D eigenvalue weighted by Crippen LogP contribution is -2.49. The molecule has 1 saturated heterocycles. The first-order valence-electron chi connectivity index (χ1n) is 12.3. The number of esters is 1. The van der Waals surface area contributed by atoms with Crippen molar-refractivity contribution in [3.63, 3.8) is 0 Å². The van der Waals surface area contributed by atoms with Crippen molar-refractivity contribution >= 4 is 23.5 Å². The predicted octanol–water partition coefficient (Wildman–Crippen LogP) is 2.83. The Balaban J connectivity index is 1.81. The normalized spacial score (nSPS) is 15.3. The number of halogens is 1. The minimum Gasteiger partial charge on any atom is -0.497 e. The molecule has 11 heteroatoms. The number of hydrogen-bond donors (Lipinski definition) is 0. The zero-order valence-corrected chi connectivity index (χ0v) is 22.2. The van der Waals surface area contributed by atoms with Crippen molar-refractivity contribution in [2.24, 2.45) is 5.92 Å². The van der Waals surface area contributed by atoms with E-state index in [9.17, 15) is 19.2 Å². The molecule has 1 atom stereocenters. The van der Waals surface area contributed by atoms with Gasteiger partial charge in [0, 0.05) is 18.1 Å². The van der Waals surface area contributed by atoms with E-state index < -0.39 is 28.8 Å². The molecule has 1 fully saturated rings. The molecule has 10 nitrogen and oxygen atoms in total. The van der Waals surface area contributed by atoms with Gasteiger partial charge in [0.15, 0.2) is 0 Å². The molecule has 0 bridgehead atoms. The first-order valence-corrected chi connectivity index (χ1v) is 12.7. The van der Waals surface area contributed by atoms with Gasteiger partial charge in [-0.15, -0.1) is 0 Å². The summed E-state index contributed by atoms with van der Waals surface area (Å²) >= 11 is 6.30. The van der Waals surface area contributed by atoms with Crippen molar-refractivity contribution in [2.45, 2.75) is 33.2 Å². The number of methoxy groups -OCH3 is 1. The zero-order chi connectivity index (χ0) is 27.4. The number of amides is 1.